The van der Waals surface area contributed by atoms with Gasteiger partial charge >= 0.3 is 5.97 Å². The number of benzene rings is 3. The summed E-state index contributed by atoms with van der Waals surface area (Å²) >= 11 is 6.17. The lowest BCUT2D eigenvalue weighted by molar-refractivity contribution is -0.149. The van der Waals surface area contributed by atoms with Gasteiger partial charge < -0.3 is 4.74 Å². The van der Waals surface area contributed by atoms with Crippen molar-refractivity contribution >= 4 is 32.3 Å². The van der Waals surface area contributed by atoms with E-state index in [1.165, 1.54) is 0 Å². The van der Waals surface area contributed by atoms with Crippen LogP contribution in [0.1, 0.15) is 48.1 Å². The molecular weight excluding hydrogens is 594 g/mol. The zero-order valence-corrected chi connectivity index (χ0v) is 25.8. The summed E-state index contributed by atoms with van der Waals surface area (Å²) in [6.45, 7) is 5.33. The molecule has 0 aromatic heterocycles. The molecule has 0 amide bonds. The van der Waals surface area contributed by atoms with Gasteiger partial charge in [0.1, 0.15) is 11.6 Å². The minimum Gasteiger partial charge on any atom is -0.466 e. The SMILES string of the molecule is CCOC(=O)C1CCN(Cc2ccc([C@@H](c3ccc(Cl)cc3)N3CC(=C(c4cc(F)cc(F)c4)S(C)(=O)=O)C3)cc2)CC1. The van der Waals surface area contributed by atoms with Crippen molar-refractivity contribution in [3.05, 3.63) is 111 Å². The molecule has 2 aliphatic rings. The maximum Gasteiger partial charge on any atom is 0.309 e. The largest absolute Gasteiger partial charge is 0.466 e. The van der Waals surface area contributed by atoms with E-state index in [-0.39, 0.29) is 28.4 Å². The maximum absolute atomic E-state index is 14.0. The summed E-state index contributed by atoms with van der Waals surface area (Å²) in [4.78, 5) is 16.5. The van der Waals surface area contributed by atoms with Crippen molar-refractivity contribution in [1.82, 2.24) is 9.80 Å². The first kappa shape index (κ1) is 31.3. The van der Waals surface area contributed by atoms with E-state index in [9.17, 15) is 22.0 Å². The normalized spacial score (nSPS) is 17.4. The van der Waals surface area contributed by atoms with Gasteiger partial charge in [-0.3, -0.25) is 14.6 Å². The summed E-state index contributed by atoms with van der Waals surface area (Å²) in [6.07, 6.45) is 2.64. The van der Waals surface area contributed by atoms with E-state index in [1.807, 2.05) is 31.2 Å². The number of esters is 1. The Labute approximate surface area is 256 Å². The Balaban J connectivity index is 1.35. The summed E-state index contributed by atoms with van der Waals surface area (Å²) in [6, 6.07) is 18.6. The molecular formula is C33H35ClF2N2O4S. The average Bonchev–Trinajstić information content (AvgIpc) is 2.93. The number of carbonyl (C=O) groups is 1. The smallest absolute Gasteiger partial charge is 0.309 e. The highest BCUT2D eigenvalue weighted by Crippen LogP contribution is 2.39. The highest BCUT2D eigenvalue weighted by molar-refractivity contribution is 8.00. The molecule has 2 fully saturated rings. The minimum absolute atomic E-state index is 0.0216. The second-order valence-corrected chi connectivity index (χ2v) is 13.7. The van der Waals surface area contributed by atoms with Crippen molar-refractivity contribution in [1.29, 1.82) is 0 Å². The number of nitrogens with zero attached hydrogens (tertiary/aromatic N) is 2. The van der Waals surface area contributed by atoms with E-state index in [4.69, 9.17) is 16.3 Å². The monoisotopic (exact) mass is 628 g/mol. The number of hydrogen-bond donors (Lipinski definition) is 0. The van der Waals surface area contributed by atoms with E-state index in [1.54, 1.807) is 0 Å². The van der Waals surface area contributed by atoms with Crippen LogP contribution in [0, 0.1) is 17.6 Å². The van der Waals surface area contributed by atoms with Crippen LogP contribution in [-0.2, 0) is 25.9 Å². The van der Waals surface area contributed by atoms with E-state index in [0.717, 1.165) is 73.6 Å². The van der Waals surface area contributed by atoms with Crippen LogP contribution < -0.4 is 0 Å². The number of rotatable bonds is 9. The van der Waals surface area contributed by atoms with Gasteiger partial charge in [0, 0.05) is 37.0 Å². The topological polar surface area (TPSA) is 66.9 Å². The minimum atomic E-state index is -3.75. The first-order valence-electron chi connectivity index (χ1n) is 14.4. The Morgan fingerprint density at radius 1 is 0.953 bits per heavy atom. The number of piperidine rings is 1. The standard InChI is InChI=1S/C33H35ClF2N2O4S/c1-3-42-33(39)25-12-14-37(15-13-25)19-22-4-6-23(7-5-22)31(24-8-10-28(34)11-9-24)38-20-27(21-38)32(43(2,40)41)26-16-29(35)18-30(36)17-26/h4-11,16-18,25,31H,3,12-15,19-21H2,1-2H3/t31-/m0/s1. The van der Waals surface area contributed by atoms with Crippen molar-refractivity contribution in [2.75, 3.05) is 39.0 Å². The molecule has 0 bridgehead atoms. The first-order chi connectivity index (χ1) is 20.5. The van der Waals surface area contributed by atoms with Crippen LogP contribution in [0.25, 0.3) is 4.91 Å². The third-order valence-electron chi connectivity index (χ3n) is 8.06. The summed E-state index contributed by atoms with van der Waals surface area (Å²) in [5.41, 5.74) is 3.81. The van der Waals surface area contributed by atoms with Crippen molar-refractivity contribution in [3.63, 3.8) is 0 Å². The summed E-state index contributed by atoms with van der Waals surface area (Å²) in [5.74, 6) is -1.78. The van der Waals surface area contributed by atoms with Gasteiger partial charge in [-0.05, 0) is 84.9 Å². The summed E-state index contributed by atoms with van der Waals surface area (Å²) in [7, 11) is -3.75. The number of sulfone groups is 1. The van der Waals surface area contributed by atoms with Crippen LogP contribution in [0.15, 0.2) is 72.3 Å². The van der Waals surface area contributed by atoms with Gasteiger partial charge in [-0.25, -0.2) is 17.2 Å². The average molecular weight is 629 g/mol. The molecule has 3 aromatic rings. The van der Waals surface area contributed by atoms with Crippen LogP contribution in [0.2, 0.25) is 5.02 Å². The van der Waals surface area contributed by atoms with Crippen molar-refractivity contribution in [3.8, 4) is 0 Å². The van der Waals surface area contributed by atoms with Gasteiger partial charge in [0.05, 0.1) is 23.5 Å². The molecule has 5 rings (SSSR count). The zero-order valence-electron chi connectivity index (χ0n) is 24.2. The number of carbonyl (C=O) groups excluding carboxylic acids is 1. The third kappa shape index (κ3) is 7.52. The molecule has 2 saturated heterocycles. The molecule has 0 spiro atoms. The van der Waals surface area contributed by atoms with E-state index >= 15 is 0 Å². The quantitative estimate of drug-likeness (QED) is 0.261. The lowest BCUT2D eigenvalue weighted by atomic mass is 9.91. The Hall–Kier alpha value is -3.11. The van der Waals surface area contributed by atoms with Crippen molar-refractivity contribution < 1.29 is 26.7 Å². The molecule has 0 N–H and O–H groups in total. The van der Waals surface area contributed by atoms with Gasteiger partial charge in [0.25, 0.3) is 0 Å². The van der Waals surface area contributed by atoms with Crippen LogP contribution in [0.5, 0.6) is 0 Å². The van der Waals surface area contributed by atoms with Gasteiger partial charge in [0.2, 0.25) is 0 Å². The Bertz CT molecular complexity index is 1570. The van der Waals surface area contributed by atoms with E-state index in [2.05, 4.69) is 34.1 Å². The van der Waals surface area contributed by atoms with E-state index < -0.39 is 21.5 Å². The lowest BCUT2D eigenvalue weighted by Gasteiger charge is -2.42. The molecule has 43 heavy (non-hydrogen) atoms. The fourth-order valence-corrected chi connectivity index (χ4v) is 7.37. The zero-order chi connectivity index (χ0) is 30.7. The molecule has 2 heterocycles. The predicted octanol–water partition coefficient (Wildman–Crippen LogP) is 6.25. The Morgan fingerprint density at radius 2 is 1.51 bits per heavy atom. The second-order valence-electron chi connectivity index (χ2n) is 11.3. The fourth-order valence-electron chi connectivity index (χ4n) is 6.05. The van der Waals surface area contributed by atoms with Crippen LogP contribution in [-0.4, -0.2) is 63.2 Å². The van der Waals surface area contributed by atoms with Gasteiger partial charge in [-0.15, -0.1) is 0 Å². The molecule has 0 aliphatic carbocycles. The predicted molar refractivity (Wildman–Crippen MR) is 164 cm³/mol. The van der Waals surface area contributed by atoms with Gasteiger partial charge in [-0.1, -0.05) is 48.0 Å². The van der Waals surface area contributed by atoms with Gasteiger partial charge in [0.15, 0.2) is 9.84 Å². The molecule has 6 nitrogen and oxygen atoms in total. The lowest BCUT2D eigenvalue weighted by Crippen LogP contribution is -2.44. The van der Waals surface area contributed by atoms with Crippen LogP contribution >= 0.6 is 11.6 Å². The van der Waals surface area contributed by atoms with Crippen LogP contribution in [0.4, 0.5) is 8.78 Å². The third-order valence-corrected chi connectivity index (χ3v) is 9.58. The van der Waals surface area contributed by atoms with Crippen molar-refractivity contribution in [2.45, 2.75) is 32.4 Å². The summed E-state index contributed by atoms with van der Waals surface area (Å²) < 4.78 is 58.7. The molecule has 0 saturated carbocycles. The fraction of sp³-hybridized carbons (Fsp3) is 0.364. The Morgan fingerprint density at radius 3 is 2.05 bits per heavy atom. The highest BCUT2D eigenvalue weighted by Gasteiger charge is 2.35. The summed E-state index contributed by atoms with van der Waals surface area (Å²) in [5, 5.41) is 0.612. The molecule has 0 radical (unpaired) electrons. The first-order valence-corrected chi connectivity index (χ1v) is 16.6. The molecule has 228 valence electrons. The molecule has 2 aliphatic heterocycles. The number of hydrogen-bond acceptors (Lipinski definition) is 6. The molecule has 10 heteroatoms. The maximum atomic E-state index is 14.0. The second kappa shape index (κ2) is 13.3. The van der Waals surface area contributed by atoms with Crippen LogP contribution in [0.3, 0.4) is 0 Å². The molecule has 0 unspecified atom stereocenters. The Kier molecular flexibility index (Phi) is 9.66. The number of ether oxygens (including phenoxy) is 1. The van der Waals surface area contributed by atoms with Crippen molar-refractivity contribution in [2.24, 2.45) is 5.92 Å². The van der Waals surface area contributed by atoms with E-state index in [0.29, 0.717) is 30.3 Å². The molecule has 3 aromatic carbocycles. The molecule has 1 atom stereocenters. The highest BCUT2D eigenvalue weighted by atomic mass is 35.5. The number of likely N-dealkylation sites (tertiary alicyclic amines) is 2. The van der Waals surface area contributed by atoms with Gasteiger partial charge in [-0.2, -0.15) is 0 Å². The number of halogens is 3.